The molecule has 94 valence electrons. The van der Waals surface area contributed by atoms with Crippen molar-refractivity contribution in [2.45, 2.75) is 66.5 Å². The first-order valence-electron chi connectivity index (χ1n) is 6.54. The maximum Gasteiger partial charge on any atom is 0.244 e. The van der Waals surface area contributed by atoms with Gasteiger partial charge in [-0.15, -0.1) is 0 Å². The fraction of sp³-hybridized carbons (Fsp3) is 0.857. The summed E-state index contributed by atoms with van der Waals surface area (Å²) < 4.78 is 5.45. The molecule has 0 aromatic rings. The minimum absolute atomic E-state index is 0.267. The minimum atomic E-state index is -0.990. The standard InChI is InChI=1S/C14H28OSi/c1-7-8-9-10-13(14(2,3)4)11-12-15-16(5)6/h13,16H,7-10H2,1-6H3/t13-/m1/s1. The molecule has 0 aliphatic carbocycles. The molecule has 0 fully saturated rings. The number of hydrogen-bond donors (Lipinski definition) is 0. The Kier molecular flexibility index (Phi) is 7.58. The van der Waals surface area contributed by atoms with Crippen molar-refractivity contribution in [3.05, 3.63) is 0 Å². The Hall–Kier alpha value is -0.423. The maximum atomic E-state index is 5.45. The predicted molar refractivity (Wildman–Crippen MR) is 74.8 cm³/mol. The Labute approximate surface area is 104 Å². The molecule has 0 aliphatic heterocycles. The molecule has 0 unspecified atom stereocenters. The lowest BCUT2D eigenvalue weighted by Gasteiger charge is -2.26. The quantitative estimate of drug-likeness (QED) is 0.398. The SMILES string of the molecule is CCCCC[C@H](C#CO[SiH](C)C)C(C)(C)C. The first-order valence-corrected chi connectivity index (χ1v) is 9.32. The van der Waals surface area contributed by atoms with E-state index in [1.165, 1.54) is 25.7 Å². The summed E-state index contributed by atoms with van der Waals surface area (Å²) in [6.45, 7) is 13.3. The summed E-state index contributed by atoms with van der Waals surface area (Å²) in [6, 6.07) is 0. The fourth-order valence-electron chi connectivity index (χ4n) is 1.54. The molecule has 16 heavy (non-hydrogen) atoms. The molecule has 0 amide bonds. The molecule has 0 aromatic carbocycles. The lowest BCUT2D eigenvalue weighted by molar-refractivity contribution is 0.280. The van der Waals surface area contributed by atoms with Gasteiger partial charge in [0.1, 0.15) is 0 Å². The second-order valence-corrected chi connectivity index (χ2v) is 8.16. The van der Waals surface area contributed by atoms with Gasteiger partial charge in [0.05, 0.1) is 6.11 Å². The Morgan fingerprint density at radius 1 is 1.19 bits per heavy atom. The zero-order valence-electron chi connectivity index (χ0n) is 11.9. The van der Waals surface area contributed by atoms with E-state index in [-0.39, 0.29) is 5.41 Å². The largest absolute Gasteiger partial charge is 0.505 e. The molecule has 0 N–H and O–H groups in total. The topological polar surface area (TPSA) is 9.23 Å². The summed E-state index contributed by atoms with van der Waals surface area (Å²) in [5, 5.41) is 0. The Bertz CT molecular complexity index is 229. The van der Waals surface area contributed by atoms with Crippen LogP contribution in [0.15, 0.2) is 0 Å². The first kappa shape index (κ1) is 15.6. The smallest absolute Gasteiger partial charge is 0.244 e. The Morgan fingerprint density at radius 2 is 1.81 bits per heavy atom. The zero-order chi connectivity index (χ0) is 12.6. The molecule has 0 aliphatic rings. The van der Waals surface area contributed by atoms with Crippen LogP contribution in [-0.4, -0.2) is 9.04 Å². The molecule has 0 saturated carbocycles. The van der Waals surface area contributed by atoms with Gasteiger partial charge in [-0.3, -0.25) is 0 Å². The van der Waals surface area contributed by atoms with E-state index in [0.29, 0.717) is 5.92 Å². The van der Waals surface area contributed by atoms with Gasteiger partial charge in [-0.2, -0.15) is 0 Å². The van der Waals surface area contributed by atoms with Gasteiger partial charge in [-0.25, -0.2) is 0 Å². The number of hydrogen-bond acceptors (Lipinski definition) is 1. The second-order valence-electron chi connectivity index (χ2n) is 5.83. The van der Waals surface area contributed by atoms with Crippen molar-refractivity contribution in [1.82, 2.24) is 0 Å². The number of rotatable bonds is 5. The average Bonchev–Trinajstić information content (AvgIpc) is 2.13. The maximum absolute atomic E-state index is 5.45. The third-order valence-electron chi connectivity index (χ3n) is 2.67. The minimum Gasteiger partial charge on any atom is -0.505 e. The van der Waals surface area contributed by atoms with E-state index in [9.17, 15) is 0 Å². The van der Waals surface area contributed by atoms with Crippen molar-refractivity contribution < 1.29 is 4.43 Å². The van der Waals surface area contributed by atoms with Crippen LogP contribution in [0.3, 0.4) is 0 Å². The summed E-state index contributed by atoms with van der Waals surface area (Å²) >= 11 is 0. The predicted octanol–water partition coefficient (Wildman–Crippen LogP) is 4.19. The van der Waals surface area contributed by atoms with Crippen LogP contribution in [0.25, 0.3) is 0 Å². The van der Waals surface area contributed by atoms with E-state index < -0.39 is 9.04 Å². The van der Waals surface area contributed by atoms with Crippen LogP contribution in [0.1, 0.15) is 53.4 Å². The van der Waals surface area contributed by atoms with Gasteiger partial charge in [0.25, 0.3) is 0 Å². The molecular formula is C14H28OSi. The van der Waals surface area contributed by atoms with Gasteiger partial charge in [-0.05, 0) is 24.9 Å². The first-order chi connectivity index (χ1) is 7.38. The van der Waals surface area contributed by atoms with Crippen LogP contribution in [0.4, 0.5) is 0 Å². The molecule has 1 nitrogen and oxygen atoms in total. The molecule has 0 spiro atoms. The van der Waals surface area contributed by atoms with Crippen LogP contribution >= 0.6 is 0 Å². The van der Waals surface area contributed by atoms with Crippen molar-refractivity contribution >= 4 is 9.04 Å². The normalized spacial score (nSPS) is 13.2. The molecular weight excluding hydrogens is 212 g/mol. The summed E-state index contributed by atoms with van der Waals surface area (Å²) in [5.74, 6) is 3.78. The van der Waals surface area contributed by atoms with E-state index in [2.05, 4.69) is 52.8 Å². The Morgan fingerprint density at radius 3 is 2.25 bits per heavy atom. The molecule has 0 bridgehead atoms. The summed E-state index contributed by atoms with van der Waals surface area (Å²) in [4.78, 5) is 0. The van der Waals surface area contributed by atoms with E-state index in [1.54, 1.807) is 0 Å². The molecule has 2 heteroatoms. The third-order valence-corrected chi connectivity index (χ3v) is 3.26. The highest BCUT2D eigenvalue weighted by atomic mass is 28.3. The van der Waals surface area contributed by atoms with E-state index in [0.717, 1.165) is 0 Å². The van der Waals surface area contributed by atoms with Crippen molar-refractivity contribution in [1.29, 1.82) is 0 Å². The van der Waals surface area contributed by atoms with Gasteiger partial charge in [0, 0.05) is 5.92 Å². The van der Waals surface area contributed by atoms with Gasteiger partial charge in [0.15, 0.2) is 0 Å². The van der Waals surface area contributed by atoms with Crippen molar-refractivity contribution in [3.63, 3.8) is 0 Å². The highest BCUT2D eigenvalue weighted by molar-refractivity contribution is 6.48. The summed E-state index contributed by atoms with van der Waals surface area (Å²) in [6.07, 6.45) is 8.01. The van der Waals surface area contributed by atoms with Crippen LogP contribution in [0.5, 0.6) is 0 Å². The van der Waals surface area contributed by atoms with Crippen LogP contribution in [0.2, 0.25) is 13.1 Å². The van der Waals surface area contributed by atoms with Gasteiger partial charge < -0.3 is 4.43 Å². The molecule has 0 rings (SSSR count). The van der Waals surface area contributed by atoms with Crippen molar-refractivity contribution in [2.24, 2.45) is 11.3 Å². The van der Waals surface area contributed by atoms with Crippen molar-refractivity contribution in [2.75, 3.05) is 0 Å². The third kappa shape index (κ3) is 7.82. The summed E-state index contributed by atoms with van der Waals surface area (Å²) in [5.41, 5.74) is 0.267. The van der Waals surface area contributed by atoms with Gasteiger partial charge in [0.2, 0.25) is 9.04 Å². The second kappa shape index (κ2) is 7.79. The highest BCUT2D eigenvalue weighted by Gasteiger charge is 2.22. The lowest BCUT2D eigenvalue weighted by Crippen LogP contribution is -2.19. The van der Waals surface area contributed by atoms with Crippen LogP contribution in [-0.2, 0) is 4.43 Å². The molecule has 1 atom stereocenters. The van der Waals surface area contributed by atoms with Crippen LogP contribution < -0.4 is 0 Å². The van der Waals surface area contributed by atoms with Crippen molar-refractivity contribution in [3.8, 4) is 12.0 Å². The van der Waals surface area contributed by atoms with E-state index in [1.807, 2.05) is 0 Å². The van der Waals surface area contributed by atoms with Gasteiger partial charge >= 0.3 is 0 Å². The molecule has 0 saturated heterocycles. The van der Waals surface area contributed by atoms with E-state index >= 15 is 0 Å². The summed E-state index contributed by atoms with van der Waals surface area (Å²) in [7, 11) is -0.990. The Balaban J connectivity index is 4.25. The van der Waals surface area contributed by atoms with E-state index in [4.69, 9.17) is 4.43 Å². The van der Waals surface area contributed by atoms with Gasteiger partial charge in [-0.1, -0.05) is 52.9 Å². The van der Waals surface area contributed by atoms with Crippen LogP contribution in [0, 0.1) is 23.4 Å². The zero-order valence-corrected chi connectivity index (χ0v) is 13.0. The highest BCUT2D eigenvalue weighted by Crippen LogP contribution is 2.29. The number of unbranched alkanes of at least 4 members (excludes halogenated alkanes) is 2. The lowest BCUT2D eigenvalue weighted by atomic mass is 9.78. The molecule has 0 aromatic heterocycles. The molecule has 0 radical (unpaired) electrons. The monoisotopic (exact) mass is 240 g/mol. The fourth-order valence-corrected chi connectivity index (χ4v) is 1.85. The molecule has 0 heterocycles. The average molecular weight is 240 g/mol.